The van der Waals surface area contributed by atoms with Crippen molar-refractivity contribution in [2.24, 2.45) is 0 Å². The summed E-state index contributed by atoms with van der Waals surface area (Å²) >= 11 is 0. The predicted molar refractivity (Wildman–Crippen MR) is 50.3 cm³/mol. The van der Waals surface area contributed by atoms with E-state index in [0.717, 1.165) is 0 Å². The van der Waals surface area contributed by atoms with E-state index < -0.39 is 11.7 Å². The molecule has 1 N–H and O–H groups in total. The molecular weight excluding hydrogens is 168 g/mol. The van der Waals surface area contributed by atoms with E-state index in [1.54, 1.807) is 27.7 Å². The van der Waals surface area contributed by atoms with Crippen molar-refractivity contribution in [1.29, 1.82) is 0 Å². The monoisotopic (exact) mass is 184 g/mol. The maximum absolute atomic E-state index is 11.0. The number of carbonyl (C=O) groups excluding carboxylic acids is 1. The number of carbonyl (C=O) groups is 1. The molecule has 0 aromatic rings. The molecule has 1 atom stereocenters. The molecule has 0 aliphatic carbocycles. The number of rotatable bonds is 2. The SMILES string of the molecule is [C-]#[N+][C@H](C)CNC(=O)OC(C)(C)C. The lowest BCUT2D eigenvalue weighted by molar-refractivity contribution is 0.0527. The third-order valence-corrected chi connectivity index (χ3v) is 1.16. The van der Waals surface area contributed by atoms with Gasteiger partial charge in [-0.2, -0.15) is 0 Å². The van der Waals surface area contributed by atoms with Crippen molar-refractivity contribution in [3.8, 4) is 0 Å². The van der Waals surface area contributed by atoms with Gasteiger partial charge in [-0.05, 0) is 20.8 Å². The molecule has 74 valence electrons. The first kappa shape index (κ1) is 11.8. The molecule has 1 amide bonds. The van der Waals surface area contributed by atoms with Crippen LogP contribution in [-0.4, -0.2) is 24.3 Å². The predicted octanol–water partition coefficient (Wildman–Crippen LogP) is 1.82. The van der Waals surface area contributed by atoms with Gasteiger partial charge < -0.3 is 14.9 Å². The Balaban J connectivity index is 3.72. The van der Waals surface area contributed by atoms with Crippen molar-refractivity contribution in [1.82, 2.24) is 5.32 Å². The number of nitrogens with one attached hydrogen (secondary N) is 1. The summed E-state index contributed by atoms with van der Waals surface area (Å²) in [6.45, 7) is 14.1. The Kier molecular flexibility index (Phi) is 4.26. The Morgan fingerprint density at radius 1 is 1.62 bits per heavy atom. The lowest BCUT2D eigenvalue weighted by atomic mass is 10.2. The fraction of sp³-hybridized carbons (Fsp3) is 0.778. The summed E-state index contributed by atoms with van der Waals surface area (Å²) in [7, 11) is 0. The Hall–Kier alpha value is -1.24. The number of hydrogen-bond donors (Lipinski definition) is 1. The topological polar surface area (TPSA) is 42.7 Å². The minimum Gasteiger partial charge on any atom is -0.444 e. The highest BCUT2D eigenvalue weighted by molar-refractivity contribution is 5.67. The van der Waals surface area contributed by atoms with Crippen LogP contribution in [0.3, 0.4) is 0 Å². The summed E-state index contributed by atoms with van der Waals surface area (Å²) in [5.41, 5.74) is -0.481. The molecule has 0 fully saturated rings. The first-order valence-corrected chi connectivity index (χ1v) is 4.18. The quantitative estimate of drug-likeness (QED) is 0.665. The average Bonchev–Trinajstić information content (AvgIpc) is 1.97. The molecule has 0 rings (SSSR count). The second kappa shape index (κ2) is 4.70. The Morgan fingerprint density at radius 2 is 2.15 bits per heavy atom. The van der Waals surface area contributed by atoms with Crippen LogP contribution in [0.1, 0.15) is 27.7 Å². The fourth-order valence-electron chi connectivity index (χ4n) is 0.591. The van der Waals surface area contributed by atoms with Gasteiger partial charge in [-0.1, -0.05) is 0 Å². The van der Waals surface area contributed by atoms with Gasteiger partial charge in [-0.15, -0.1) is 0 Å². The molecule has 0 saturated heterocycles. The van der Waals surface area contributed by atoms with E-state index >= 15 is 0 Å². The molecule has 4 nitrogen and oxygen atoms in total. The van der Waals surface area contributed by atoms with E-state index in [-0.39, 0.29) is 6.04 Å². The van der Waals surface area contributed by atoms with E-state index in [4.69, 9.17) is 11.3 Å². The third-order valence-electron chi connectivity index (χ3n) is 1.16. The van der Waals surface area contributed by atoms with Crippen molar-refractivity contribution >= 4 is 6.09 Å². The number of amides is 1. The normalized spacial score (nSPS) is 12.8. The van der Waals surface area contributed by atoms with Gasteiger partial charge in [0.1, 0.15) is 5.60 Å². The number of nitrogens with zero attached hydrogens (tertiary/aromatic N) is 1. The average molecular weight is 184 g/mol. The van der Waals surface area contributed by atoms with Crippen molar-refractivity contribution in [3.63, 3.8) is 0 Å². The Bertz CT molecular complexity index is 213. The summed E-state index contributed by atoms with van der Waals surface area (Å²) in [5.74, 6) is 0. The Morgan fingerprint density at radius 3 is 2.54 bits per heavy atom. The highest BCUT2D eigenvalue weighted by atomic mass is 16.6. The molecule has 0 bridgehead atoms. The first-order chi connectivity index (χ1) is 5.85. The molecule has 0 aromatic carbocycles. The molecule has 0 unspecified atom stereocenters. The van der Waals surface area contributed by atoms with Crippen LogP contribution in [0, 0.1) is 6.57 Å². The smallest absolute Gasteiger partial charge is 0.407 e. The van der Waals surface area contributed by atoms with Crippen LogP contribution in [0.15, 0.2) is 0 Å². The van der Waals surface area contributed by atoms with Gasteiger partial charge in [-0.25, -0.2) is 11.4 Å². The summed E-state index contributed by atoms with van der Waals surface area (Å²) in [5, 5.41) is 2.51. The zero-order chi connectivity index (χ0) is 10.5. The maximum atomic E-state index is 11.0. The van der Waals surface area contributed by atoms with Gasteiger partial charge in [0.05, 0.1) is 6.54 Å². The van der Waals surface area contributed by atoms with Crippen molar-refractivity contribution < 1.29 is 9.53 Å². The molecule has 0 aliphatic rings. The van der Waals surface area contributed by atoms with Crippen molar-refractivity contribution in [3.05, 3.63) is 11.4 Å². The van der Waals surface area contributed by atoms with Crippen LogP contribution < -0.4 is 5.32 Å². The van der Waals surface area contributed by atoms with Gasteiger partial charge in [0.25, 0.3) is 0 Å². The van der Waals surface area contributed by atoms with Crippen LogP contribution in [0.2, 0.25) is 0 Å². The zero-order valence-corrected chi connectivity index (χ0v) is 8.55. The Labute approximate surface area is 79.1 Å². The highest BCUT2D eigenvalue weighted by Gasteiger charge is 2.16. The van der Waals surface area contributed by atoms with E-state index in [2.05, 4.69) is 10.2 Å². The molecule has 0 aliphatic heterocycles. The standard InChI is InChI=1S/C9H16N2O2/c1-7(10-5)6-11-8(12)13-9(2,3)4/h7H,6H2,1-4H3,(H,11,12)/t7-/m1/s1. The first-order valence-electron chi connectivity index (χ1n) is 4.18. The fourth-order valence-corrected chi connectivity index (χ4v) is 0.591. The van der Waals surface area contributed by atoms with Crippen molar-refractivity contribution in [2.75, 3.05) is 6.54 Å². The van der Waals surface area contributed by atoms with E-state index in [1.807, 2.05) is 0 Å². The highest BCUT2D eigenvalue weighted by Crippen LogP contribution is 2.06. The maximum Gasteiger partial charge on any atom is 0.407 e. The van der Waals surface area contributed by atoms with E-state index in [0.29, 0.717) is 6.54 Å². The van der Waals surface area contributed by atoms with Crippen LogP contribution in [0.5, 0.6) is 0 Å². The number of alkyl carbamates (subject to hydrolysis) is 1. The number of ether oxygens (including phenoxy) is 1. The summed E-state index contributed by atoms with van der Waals surface area (Å²) in [6, 6.07) is -0.201. The molecule has 13 heavy (non-hydrogen) atoms. The molecule has 4 heteroatoms. The van der Waals surface area contributed by atoms with E-state index in [1.165, 1.54) is 0 Å². The van der Waals surface area contributed by atoms with Crippen LogP contribution >= 0.6 is 0 Å². The molecule has 0 aromatic heterocycles. The zero-order valence-electron chi connectivity index (χ0n) is 8.55. The van der Waals surface area contributed by atoms with Gasteiger partial charge in [0.15, 0.2) is 0 Å². The lowest BCUT2D eigenvalue weighted by Crippen LogP contribution is -2.35. The molecular formula is C9H16N2O2. The molecule has 0 heterocycles. The lowest BCUT2D eigenvalue weighted by Gasteiger charge is -2.19. The molecule has 0 radical (unpaired) electrons. The van der Waals surface area contributed by atoms with Gasteiger partial charge >= 0.3 is 6.09 Å². The van der Waals surface area contributed by atoms with Gasteiger partial charge in [0.2, 0.25) is 6.04 Å². The van der Waals surface area contributed by atoms with Crippen LogP contribution in [0.4, 0.5) is 4.79 Å². The minimum absolute atomic E-state index is 0.201. The van der Waals surface area contributed by atoms with E-state index in [9.17, 15) is 4.79 Å². The second-order valence-corrected chi connectivity index (χ2v) is 3.86. The summed E-state index contributed by atoms with van der Waals surface area (Å²) in [4.78, 5) is 14.3. The second-order valence-electron chi connectivity index (χ2n) is 3.86. The number of hydrogen-bond acceptors (Lipinski definition) is 2. The van der Waals surface area contributed by atoms with Gasteiger partial charge in [-0.3, -0.25) is 0 Å². The molecule has 0 spiro atoms. The summed E-state index contributed by atoms with van der Waals surface area (Å²) < 4.78 is 4.98. The third kappa shape index (κ3) is 7.13. The molecule has 0 saturated carbocycles. The minimum atomic E-state index is -0.481. The van der Waals surface area contributed by atoms with Crippen LogP contribution in [-0.2, 0) is 4.74 Å². The van der Waals surface area contributed by atoms with Crippen molar-refractivity contribution in [2.45, 2.75) is 39.3 Å². The summed E-state index contributed by atoms with van der Waals surface area (Å²) in [6.07, 6.45) is -0.469. The van der Waals surface area contributed by atoms with Gasteiger partial charge in [0, 0.05) is 6.92 Å². The van der Waals surface area contributed by atoms with Crippen LogP contribution in [0.25, 0.3) is 4.85 Å². The largest absolute Gasteiger partial charge is 0.444 e.